The summed E-state index contributed by atoms with van der Waals surface area (Å²) in [7, 11) is -2.10. The van der Waals surface area contributed by atoms with Crippen LogP contribution >= 0.6 is 27.5 Å². The first kappa shape index (κ1) is 17.2. The summed E-state index contributed by atoms with van der Waals surface area (Å²) in [6, 6.07) is 7.82. The molecular formula is C14H14BrClN2O3S. The van der Waals surface area contributed by atoms with Crippen molar-refractivity contribution in [2.45, 2.75) is 17.9 Å². The number of benzene rings is 1. The van der Waals surface area contributed by atoms with Gasteiger partial charge in [0.15, 0.2) is 0 Å². The first-order valence-corrected chi connectivity index (χ1v) is 8.96. The third-order valence-corrected chi connectivity index (χ3v) is 5.39. The number of sulfonamides is 1. The van der Waals surface area contributed by atoms with Crippen molar-refractivity contribution >= 4 is 37.6 Å². The number of rotatable bonds is 5. The Hall–Kier alpha value is -1.15. The number of methoxy groups -OCH3 is 1. The number of pyridine rings is 1. The fraction of sp³-hybridized carbons (Fsp3) is 0.214. The topological polar surface area (TPSA) is 68.3 Å². The van der Waals surface area contributed by atoms with Crippen molar-refractivity contribution in [3.05, 3.63) is 51.7 Å². The zero-order chi connectivity index (χ0) is 16.3. The Morgan fingerprint density at radius 1 is 1.32 bits per heavy atom. The van der Waals surface area contributed by atoms with Crippen LogP contribution in [0.4, 0.5) is 0 Å². The van der Waals surface area contributed by atoms with E-state index in [0.717, 1.165) is 10.0 Å². The molecule has 0 radical (unpaired) electrons. The molecule has 22 heavy (non-hydrogen) atoms. The molecule has 118 valence electrons. The molecule has 1 N–H and O–H groups in total. The summed E-state index contributed by atoms with van der Waals surface area (Å²) >= 11 is 9.05. The van der Waals surface area contributed by atoms with Crippen LogP contribution in [0.3, 0.4) is 0 Å². The van der Waals surface area contributed by atoms with Gasteiger partial charge in [0.2, 0.25) is 10.0 Å². The standard InChI is InChI=1S/C14H14BrClN2O3S/c1-9(10-3-5-13(21-2)12(15)7-10)18-22(19,20)11-4-6-14(16)17-8-11/h3-9,18H,1-2H3. The first-order valence-electron chi connectivity index (χ1n) is 6.31. The van der Waals surface area contributed by atoms with E-state index < -0.39 is 16.1 Å². The van der Waals surface area contributed by atoms with E-state index in [1.807, 2.05) is 6.07 Å². The maximum Gasteiger partial charge on any atom is 0.242 e. The minimum atomic E-state index is -3.67. The number of nitrogens with zero attached hydrogens (tertiary/aromatic N) is 1. The van der Waals surface area contributed by atoms with Crippen LogP contribution in [0, 0.1) is 0 Å². The summed E-state index contributed by atoms with van der Waals surface area (Å²) in [5.41, 5.74) is 0.804. The van der Waals surface area contributed by atoms with Crippen LogP contribution < -0.4 is 9.46 Å². The van der Waals surface area contributed by atoms with Crippen molar-refractivity contribution in [2.24, 2.45) is 0 Å². The largest absolute Gasteiger partial charge is 0.496 e. The fourth-order valence-electron chi connectivity index (χ4n) is 1.84. The molecule has 0 aliphatic rings. The maximum absolute atomic E-state index is 12.3. The summed E-state index contributed by atoms with van der Waals surface area (Å²) in [6.07, 6.45) is 1.22. The Bertz CT molecular complexity index is 766. The fourth-order valence-corrected chi connectivity index (χ4v) is 3.69. The van der Waals surface area contributed by atoms with Gasteiger partial charge in [-0.2, -0.15) is 0 Å². The van der Waals surface area contributed by atoms with Crippen LogP contribution in [0.25, 0.3) is 0 Å². The van der Waals surface area contributed by atoms with Crippen molar-refractivity contribution < 1.29 is 13.2 Å². The summed E-state index contributed by atoms with van der Waals surface area (Å²) in [5, 5.41) is 0.242. The van der Waals surface area contributed by atoms with Gasteiger partial charge in [-0.1, -0.05) is 17.7 Å². The molecule has 0 spiro atoms. The molecule has 0 amide bonds. The second-order valence-electron chi connectivity index (χ2n) is 4.55. The van der Waals surface area contributed by atoms with Crippen LogP contribution in [0.2, 0.25) is 5.15 Å². The summed E-state index contributed by atoms with van der Waals surface area (Å²) < 4.78 is 33.1. The van der Waals surface area contributed by atoms with Crippen molar-refractivity contribution in [3.63, 3.8) is 0 Å². The molecule has 8 heteroatoms. The summed E-state index contributed by atoms with van der Waals surface area (Å²) in [4.78, 5) is 3.85. The lowest BCUT2D eigenvalue weighted by Crippen LogP contribution is -2.27. The lowest BCUT2D eigenvalue weighted by molar-refractivity contribution is 0.412. The average molecular weight is 406 g/mol. The molecule has 1 aromatic heterocycles. The minimum Gasteiger partial charge on any atom is -0.496 e. The normalized spacial score (nSPS) is 12.9. The third-order valence-electron chi connectivity index (χ3n) is 3.02. The van der Waals surface area contributed by atoms with E-state index in [-0.39, 0.29) is 10.0 Å². The second-order valence-corrected chi connectivity index (χ2v) is 7.51. The summed E-state index contributed by atoms with van der Waals surface area (Å²) in [5.74, 6) is 0.681. The molecule has 1 unspecified atom stereocenters. The highest BCUT2D eigenvalue weighted by Gasteiger charge is 2.19. The van der Waals surface area contributed by atoms with E-state index in [1.165, 1.54) is 18.3 Å². The molecule has 0 fully saturated rings. The number of nitrogens with one attached hydrogen (secondary N) is 1. The van der Waals surface area contributed by atoms with Gasteiger partial charge in [0.1, 0.15) is 15.8 Å². The molecule has 0 aliphatic carbocycles. The molecule has 5 nitrogen and oxygen atoms in total. The molecule has 1 aromatic carbocycles. The van der Waals surface area contributed by atoms with Crippen molar-refractivity contribution in [1.29, 1.82) is 0 Å². The Kier molecular flexibility index (Phi) is 5.44. The zero-order valence-corrected chi connectivity index (χ0v) is 15.0. The Morgan fingerprint density at radius 3 is 2.59 bits per heavy atom. The number of halogens is 2. The van der Waals surface area contributed by atoms with Crippen molar-refractivity contribution in [2.75, 3.05) is 7.11 Å². The van der Waals surface area contributed by atoms with E-state index in [1.54, 1.807) is 26.2 Å². The third kappa shape index (κ3) is 3.98. The second kappa shape index (κ2) is 6.95. The van der Waals surface area contributed by atoms with E-state index in [9.17, 15) is 8.42 Å². The molecule has 1 atom stereocenters. The molecule has 1 heterocycles. The predicted octanol–water partition coefficient (Wildman–Crippen LogP) is 3.55. The smallest absolute Gasteiger partial charge is 0.242 e. The van der Waals surface area contributed by atoms with E-state index >= 15 is 0 Å². The van der Waals surface area contributed by atoms with Gasteiger partial charge >= 0.3 is 0 Å². The van der Waals surface area contributed by atoms with Crippen molar-refractivity contribution in [1.82, 2.24) is 9.71 Å². The molecule has 0 aliphatic heterocycles. The van der Waals surface area contributed by atoms with Gasteiger partial charge in [0.05, 0.1) is 11.6 Å². The molecule has 2 rings (SSSR count). The van der Waals surface area contributed by atoms with Crippen LogP contribution in [0.1, 0.15) is 18.5 Å². The number of ether oxygens (including phenoxy) is 1. The lowest BCUT2D eigenvalue weighted by Gasteiger charge is -2.15. The Labute approximate surface area is 142 Å². The van der Waals surface area contributed by atoms with Gasteiger partial charge in [0.25, 0.3) is 0 Å². The first-order chi connectivity index (χ1) is 10.3. The van der Waals surface area contributed by atoms with Crippen LogP contribution in [-0.2, 0) is 10.0 Å². The monoisotopic (exact) mass is 404 g/mol. The molecule has 2 aromatic rings. The summed E-state index contributed by atoms with van der Waals surface area (Å²) in [6.45, 7) is 1.76. The molecule has 0 saturated carbocycles. The molecular weight excluding hydrogens is 392 g/mol. The van der Waals surface area contributed by atoms with E-state index in [0.29, 0.717) is 5.75 Å². The minimum absolute atomic E-state index is 0.0660. The van der Waals surface area contributed by atoms with E-state index in [4.69, 9.17) is 16.3 Å². The number of hydrogen-bond donors (Lipinski definition) is 1. The number of hydrogen-bond acceptors (Lipinski definition) is 4. The van der Waals surface area contributed by atoms with Gasteiger partial charge in [-0.15, -0.1) is 0 Å². The van der Waals surface area contributed by atoms with Gasteiger partial charge < -0.3 is 4.74 Å². The SMILES string of the molecule is COc1ccc(C(C)NS(=O)(=O)c2ccc(Cl)nc2)cc1Br. The molecule has 0 saturated heterocycles. The number of aromatic nitrogens is 1. The van der Waals surface area contributed by atoms with Gasteiger partial charge in [0, 0.05) is 12.2 Å². The van der Waals surface area contributed by atoms with Crippen LogP contribution in [0.15, 0.2) is 45.9 Å². The Morgan fingerprint density at radius 2 is 2.05 bits per heavy atom. The lowest BCUT2D eigenvalue weighted by atomic mass is 10.1. The highest BCUT2D eigenvalue weighted by atomic mass is 79.9. The average Bonchev–Trinajstić information content (AvgIpc) is 2.47. The Balaban J connectivity index is 2.22. The van der Waals surface area contributed by atoms with Crippen LogP contribution in [-0.4, -0.2) is 20.5 Å². The van der Waals surface area contributed by atoms with Gasteiger partial charge in [-0.25, -0.2) is 18.1 Å². The van der Waals surface area contributed by atoms with Crippen molar-refractivity contribution in [3.8, 4) is 5.75 Å². The van der Waals surface area contributed by atoms with Gasteiger partial charge in [-0.05, 0) is 52.7 Å². The molecule has 0 bridgehead atoms. The highest BCUT2D eigenvalue weighted by Crippen LogP contribution is 2.28. The maximum atomic E-state index is 12.3. The van der Waals surface area contributed by atoms with Crippen LogP contribution in [0.5, 0.6) is 5.75 Å². The quantitative estimate of drug-likeness (QED) is 0.773. The zero-order valence-electron chi connectivity index (χ0n) is 11.9. The van der Waals surface area contributed by atoms with Gasteiger partial charge in [-0.3, -0.25) is 0 Å². The predicted molar refractivity (Wildman–Crippen MR) is 88.7 cm³/mol. The highest BCUT2D eigenvalue weighted by molar-refractivity contribution is 9.10. The van der Waals surface area contributed by atoms with E-state index in [2.05, 4.69) is 25.6 Å².